The van der Waals surface area contributed by atoms with Crippen LogP contribution < -0.4 is 10.6 Å². The Morgan fingerprint density at radius 3 is 2.62 bits per heavy atom. The molecule has 0 saturated carbocycles. The van der Waals surface area contributed by atoms with E-state index < -0.39 is 0 Å². The molecule has 5 nitrogen and oxygen atoms in total. The highest BCUT2D eigenvalue weighted by Crippen LogP contribution is 2.14. The number of rotatable bonds is 5. The number of carbonyl (C=O) groups excluding carboxylic acids is 2. The lowest BCUT2D eigenvalue weighted by Crippen LogP contribution is -2.27. The molecule has 1 aromatic carbocycles. The number of anilines is 1. The topological polar surface area (TPSA) is 71.3 Å². The van der Waals surface area contributed by atoms with Crippen molar-refractivity contribution in [2.24, 2.45) is 0 Å². The molecule has 0 bridgehead atoms. The minimum Gasteiger partial charge on any atom is -0.472 e. The van der Waals surface area contributed by atoms with Crippen molar-refractivity contribution in [3.8, 4) is 0 Å². The van der Waals surface area contributed by atoms with E-state index in [1.54, 1.807) is 6.07 Å². The zero-order valence-electron chi connectivity index (χ0n) is 12.1. The Hall–Kier alpha value is -2.56. The molecule has 0 aliphatic heterocycles. The third kappa shape index (κ3) is 4.21. The van der Waals surface area contributed by atoms with E-state index in [0.29, 0.717) is 5.56 Å². The van der Waals surface area contributed by atoms with Crippen LogP contribution in [0.2, 0.25) is 0 Å². The summed E-state index contributed by atoms with van der Waals surface area (Å²) in [6, 6.07) is 7.33. The first-order valence-electron chi connectivity index (χ1n) is 6.74. The van der Waals surface area contributed by atoms with Crippen LogP contribution in [0.15, 0.2) is 41.2 Å². The molecule has 110 valence electrons. The quantitative estimate of drug-likeness (QED) is 0.887. The van der Waals surface area contributed by atoms with E-state index in [4.69, 9.17) is 4.42 Å². The Balaban J connectivity index is 1.77. The molecule has 0 fully saturated rings. The fourth-order valence-corrected chi connectivity index (χ4v) is 1.83. The summed E-state index contributed by atoms with van der Waals surface area (Å²) in [5.41, 5.74) is 3.52. The Morgan fingerprint density at radius 2 is 1.95 bits per heavy atom. The molecule has 2 rings (SSSR count). The van der Waals surface area contributed by atoms with Gasteiger partial charge in [-0.2, -0.15) is 0 Å². The molecule has 21 heavy (non-hydrogen) atoms. The number of hydrogen-bond acceptors (Lipinski definition) is 3. The first-order chi connectivity index (χ1) is 10.1. The van der Waals surface area contributed by atoms with Gasteiger partial charge in [0.25, 0.3) is 5.91 Å². The molecular weight excluding hydrogens is 268 g/mol. The Labute approximate surface area is 123 Å². The van der Waals surface area contributed by atoms with Crippen LogP contribution in [0.1, 0.15) is 27.9 Å². The van der Waals surface area contributed by atoms with Gasteiger partial charge in [0.2, 0.25) is 5.91 Å². The maximum Gasteiger partial charge on any atom is 0.254 e. The third-order valence-corrected chi connectivity index (χ3v) is 3.21. The highest BCUT2D eigenvalue weighted by Gasteiger charge is 2.08. The van der Waals surface area contributed by atoms with Crippen LogP contribution in [-0.2, 0) is 4.79 Å². The van der Waals surface area contributed by atoms with Gasteiger partial charge in [-0.25, -0.2) is 0 Å². The van der Waals surface area contributed by atoms with Gasteiger partial charge < -0.3 is 15.1 Å². The number of benzene rings is 1. The van der Waals surface area contributed by atoms with Crippen LogP contribution in [0.4, 0.5) is 5.69 Å². The monoisotopic (exact) mass is 286 g/mol. The number of hydrogen-bond donors (Lipinski definition) is 2. The van der Waals surface area contributed by atoms with E-state index in [1.807, 2.05) is 32.0 Å². The van der Waals surface area contributed by atoms with Gasteiger partial charge in [-0.3, -0.25) is 9.59 Å². The van der Waals surface area contributed by atoms with E-state index in [0.717, 1.165) is 11.3 Å². The summed E-state index contributed by atoms with van der Waals surface area (Å²) in [6.45, 7) is 4.29. The Bertz CT molecular complexity index is 633. The first kappa shape index (κ1) is 14.8. The SMILES string of the molecule is Cc1ccc(NC(=O)CCNC(=O)c2ccoc2)cc1C. The lowest BCUT2D eigenvalue weighted by molar-refractivity contribution is -0.116. The van der Waals surface area contributed by atoms with Crippen LogP contribution in [0.5, 0.6) is 0 Å². The second-order valence-electron chi connectivity index (χ2n) is 4.87. The van der Waals surface area contributed by atoms with E-state index >= 15 is 0 Å². The molecule has 2 aromatic rings. The van der Waals surface area contributed by atoms with Crippen molar-refractivity contribution in [2.75, 3.05) is 11.9 Å². The summed E-state index contributed by atoms with van der Waals surface area (Å²) in [5, 5.41) is 5.47. The summed E-state index contributed by atoms with van der Waals surface area (Å²) in [4.78, 5) is 23.4. The second-order valence-corrected chi connectivity index (χ2v) is 4.87. The number of nitrogens with one attached hydrogen (secondary N) is 2. The molecule has 0 unspecified atom stereocenters. The summed E-state index contributed by atoms with van der Waals surface area (Å²) in [7, 11) is 0. The van der Waals surface area contributed by atoms with Gasteiger partial charge in [0, 0.05) is 18.7 Å². The summed E-state index contributed by atoms with van der Waals surface area (Å²) in [6.07, 6.45) is 3.02. The van der Waals surface area contributed by atoms with E-state index in [9.17, 15) is 9.59 Å². The van der Waals surface area contributed by atoms with E-state index in [2.05, 4.69) is 10.6 Å². The van der Waals surface area contributed by atoms with E-state index in [1.165, 1.54) is 18.1 Å². The van der Waals surface area contributed by atoms with Crippen molar-refractivity contribution < 1.29 is 14.0 Å². The van der Waals surface area contributed by atoms with Crippen molar-refractivity contribution in [1.82, 2.24) is 5.32 Å². The van der Waals surface area contributed by atoms with Crippen LogP contribution in [0.3, 0.4) is 0 Å². The lowest BCUT2D eigenvalue weighted by Gasteiger charge is -2.08. The van der Waals surface area contributed by atoms with Crippen molar-refractivity contribution in [3.05, 3.63) is 53.5 Å². The largest absolute Gasteiger partial charge is 0.472 e. The Kier molecular flexibility index (Phi) is 4.77. The van der Waals surface area contributed by atoms with Crippen molar-refractivity contribution >= 4 is 17.5 Å². The molecule has 1 heterocycles. The van der Waals surface area contributed by atoms with Gasteiger partial charge in [-0.05, 0) is 43.2 Å². The highest BCUT2D eigenvalue weighted by atomic mass is 16.3. The summed E-state index contributed by atoms with van der Waals surface area (Å²) in [5.74, 6) is -0.381. The van der Waals surface area contributed by atoms with Gasteiger partial charge in [0.05, 0.1) is 11.8 Å². The van der Waals surface area contributed by atoms with Crippen LogP contribution in [0.25, 0.3) is 0 Å². The average Bonchev–Trinajstić information content (AvgIpc) is 2.97. The Morgan fingerprint density at radius 1 is 1.14 bits per heavy atom. The zero-order chi connectivity index (χ0) is 15.2. The average molecular weight is 286 g/mol. The van der Waals surface area contributed by atoms with Gasteiger partial charge in [-0.1, -0.05) is 6.07 Å². The second kappa shape index (κ2) is 6.74. The molecule has 0 radical (unpaired) electrons. The van der Waals surface area contributed by atoms with Crippen LogP contribution in [-0.4, -0.2) is 18.4 Å². The third-order valence-electron chi connectivity index (χ3n) is 3.21. The molecule has 0 aliphatic carbocycles. The minimum atomic E-state index is -0.247. The number of carbonyl (C=O) groups is 2. The fraction of sp³-hybridized carbons (Fsp3) is 0.250. The molecule has 2 N–H and O–H groups in total. The predicted octanol–water partition coefficient (Wildman–Crippen LogP) is 2.66. The fourth-order valence-electron chi connectivity index (χ4n) is 1.83. The maximum absolute atomic E-state index is 11.8. The summed E-state index contributed by atoms with van der Waals surface area (Å²) < 4.78 is 4.82. The highest BCUT2D eigenvalue weighted by molar-refractivity contribution is 5.95. The summed E-state index contributed by atoms with van der Waals surface area (Å²) >= 11 is 0. The molecule has 2 amide bonds. The predicted molar refractivity (Wildman–Crippen MR) is 80.2 cm³/mol. The zero-order valence-corrected chi connectivity index (χ0v) is 12.1. The van der Waals surface area contributed by atoms with E-state index in [-0.39, 0.29) is 24.8 Å². The molecule has 0 atom stereocenters. The molecule has 1 aromatic heterocycles. The molecule has 0 aliphatic rings. The molecule has 5 heteroatoms. The van der Waals surface area contributed by atoms with Crippen LogP contribution >= 0.6 is 0 Å². The minimum absolute atomic E-state index is 0.134. The van der Waals surface area contributed by atoms with Gasteiger partial charge in [0.1, 0.15) is 6.26 Å². The standard InChI is InChI=1S/C16H18N2O3/c1-11-3-4-14(9-12(11)2)18-15(19)5-7-17-16(20)13-6-8-21-10-13/h3-4,6,8-10H,5,7H2,1-2H3,(H,17,20)(H,18,19). The van der Waals surface area contributed by atoms with Gasteiger partial charge in [0.15, 0.2) is 0 Å². The van der Waals surface area contributed by atoms with Gasteiger partial charge in [-0.15, -0.1) is 0 Å². The van der Waals surface area contributed by atoms with Crippen molar-refractivity contribution in [3.63, 3.8) is 0 Å². The van der Waals surface area contributed by atoms with Gasteiger partial charge >= 0.3 is 0 Å². The lowest BCUT2D eigenvalue weighted by atomic mass is 10.1. The van der Waals surface area contributed by atoms with Crippen molar-refractivity contribution in [2.45, 2.75) is 20.3 Å². The smallest absolute Gasteiger partial charge is 0.254 e. The number of amides is 2. The molecular formula is C16H18N2O3. The van der Waals surface area contributed by atoms with Crippen molar-refractivity contribution in [1.29, 1.82) is 0 Å². The molecule has 0 spiro atoms. The first-order valence-corrected chi connectivity index (χ1v) is 6.74. The number of aryl methyl sites for hydroxylation is 2. The maximum atomic E-state index is 11.8. The van der Waals surface area contributed by atoms with Crippen LogP contribution in [0, 0.1) is 13.8 Å². The molecule has 0 saturated heterocycles. The number of furan rings is 1. The normalized spacial score (nSPS) is 10.2.